The molecule has 3 rings (SSSR count). The fourth-order valence-corrected chi connectivity index (χ4v) is 3.85. The molecule has 2 aliphatic rings. The summed E-state index contributed by atoms with van der Waals surface area (Å²) in [5.74, 6) is -1.63. The first-order chi connectivity index (χ1) is 12.5. The van der Waals surface area contributed by atoms with Gasteiger partial charge in [-0.05, 0) is 25.0 Å². The molecule has 3 amide bonds. The van der Waals surface area contributed by atoms with E-state index < -0.39 is 17.3 Å². The Hall–Kier alpha value is -2.70. The molecule has 0 radical (unpaired) electrons. The maximum atomic E-state index is 12.8. The van der Waals surface area contributed by atoms with Gasteiger partial charge in [0.25, 0.3) is 0 Å². The molecule has 138 valence electrons. The minimum Gasteiger partial charge on any atom is -0.465 e. The molecular formula is C19H22N2O5. The van der Waals surface area contributed by atoms with Gasteiger partial charge in [-0.1, -0.05) is 31.4 Å². The minimum absolute atomic E-state index is 0.192. The summed E-state index contributed by atoms with van der Waals surface area (Å²) in [5, 5.41) is 2.60. The predicted molar refractivity (Wildman–Crippen MR) is 93.3 cm³/mol. The predicted octanol–water partition coefficient (Wildman–Crippen LogP) is 2.12. The number of hydrogen-bond acceptors (Lipinski definition) is 5. The number of para-hydroxylation sites is 1. The molecule has 2 fully saturated rings. The number of benzene rings is 1. The lowest BCUT2D eigenvalue weighted by Gasteiger charge is -2.30. The third kappa shape index (κ3) is 3.34. The molecule has 0 unspecified atom stereocenters. The Balaban J connectivity index is 1.70. The van der Waals surface area contributed by atoms with Gasteiger partial charge in [-0.3, -0.25) is 19.3 Å². The zero-order valence-corrected chi connectivity index (χ0v) is 14.7. The van der Waals surface area contributed by atoms with Crippen molar-refractivity contribution in [3.63, 3.8) is 0 Å². The summed E-state index contributed by atoms with van der Waals surface area (Å²) in [6.07, 6.45) is 4.56. The number of amides is 3. The van der Waals surface area contributed by atoms with Crippen LogP contribution in [0.15, 0.2) is 24.3 Å². The Morgan fingerprint density at radius 2 is 1.85 bits per heavy atom. The van der Waals surface area contributed by atoms with Crippen molar-refractivity contribution in [2.75, 3.05) is 19.0 Å². The van der Waals surface area contributed by atoms with Gasteiger partial charge < -0.3 is 10.1 Å². The van der Waals surface area contributed by atoms with Crippen molar-refractivity contribution in [1.82, 2.24) is 4.90 Å². The van der Waals surface area contributed by atoms with Crippen molar-refractivity contribution in [1.29, 1.82) is 0 Å². The van der Waals surface area contributed by atoms with Gasteiger partial charge in [0.05, 0.1) is 23.8 Å². The molecule has 1 aliphatic heterocycles. The fraction of sp³-hybridized carbons (Fsp3) is 0.474. The van der Waals surface area contributed by atoms with Crippen molar-refractivity contribution in [3.05, 3.63) is 29.8 Å². The first-order valence-electron chi connectivity index (χ1n) is 8.79. The first-order valence-corrected chi connectivity index (χ1v) is 8.79. The molecule has 0 aromatic heterocycles. The number of likely N-dealkylation sites (tertiary alicyclic amines) is 1. The quantitative estimate of drug-likeness (QED) is 0.657. The molecule has 1 saturated heterocycles. The monoisotopic (exact) mass is 358 g/mol. The Kier molecular flexibility index (Phi) is 5.06. The molecule has 7 nitrogen and oxygen atoms in total. The summed E-state index contributed by atoms with van der Waals surface area (Å²) in [7, 11) is 1.26. The smallest absolute Gasteiger partial charge is 0.339 e. The van der Waals surface area contributed by atoms with Crippen molar-refractivity contribution >= 4 is 29.4 Å². The van der Waals surface area contributed by atoms with E-state index in [1.54, 1.807) is 18.2 Å². The van der Waals surface area contributed by atoms with Gasteiger partial charge in [-0.25, -0.2) is 4.79 Å². The Labute approximate surface area is 151 Å². The lowest BCUT2D eigenvalue weighted by atomic mass is 9.73. The summed E-state index contributed by atoms with van der Waals surface area (Å²) in [5.41, 5.74) is -0.110. The van der Waals surface area contributed by atoms with Crippen molar-refractivity contribution in [2.45, 2.75) is 38.5 Å². The third-order valence-electron chi connectivity index (χ3n) is 5.21. The minimum atomic E-state index is -0.612. The van der Waals surface area contributed by atoms with Gasteiger partial charge in [-0.2, -0.15) is 0 Å². The molecule has 1 aromatic carbocycles. The number of nitrogens with one attached hydrogen (secondary N) is 1. The number of carbonyl (C=O) groups is 4. The molecule has 1 spiro atoms. The Morgan fingerprint density at radius 3 is 2.54 bits per heavy atom. The average molecular weight is 358 g/mol. The van der Waals surface area contributed by atoms with Gasteiger partial charge in [0.1, 0.15) is 6.54 Å². The molecule has 0 atom stereocenters. The maximum Gasteiger partial charge on any atom is 0.339 e. The van der Waals surface area contributed by atoms with Crippen LogP contribution in [0, 0.1) is 5.41 Å². The van der Waals surface area contributed by atoms with E-state index in [1.165, 1.54) is 13.2 Å². The second-order valence-corrected chi connectivity index (χ2v) is 6.89. The molecule has 1 saturated carbocycles. The molecule has 0 bridgehead atoms. The van der Waals surface area contributed by atoms with Crippen LogP contribution in [0.4, 0.5) is 5.69 Å². The summed E-state index contributed by atoms with van der Waals surface area (Å²) >= 11 is 0. The number of methoxy groups -OCH3 is 1. The van der Waals surface area contributed by atoms with E-state index in [2.05, 4.69) is 5.32 Å². The van der Waals surface area contributed by atoms with Crippen molar-refractivity contribution in [2.24, 2.45) is 5.41 Å². The summed E-state index contributed by atoms with van der Waals surface area (Å²) in [6, 6.07) is 6.43. The number of rotatable bonds is 4. The summed E-state index contributed by atoms with van der Waals surface area (Å²) < 4.78 is 4.69. The van der Waals surface area contributed by atoms with Crippen LogP contribution in [0.25, 0.3) is 0 Å². The van der Waals surface area contributed by atoms with Crippen LogP contribution in [-0.2, 0) is 19.1 Å². The molecule has 1 heterocycles. The largest absolute Gasteiger partial charge is 0.465 e. The van der Waals surface area contributed by atoms with Crippen LogP contribution in [0.3, 0.4) is 0 Å². The highest BCUT2D eigenvalue weighted by atomic mass is 16.5. The summed E-state index contributed by atoms with van der Waals surface area (Å²) in [6.45, 7) is -0.338. The lowest BCUT2D eigenvalue weighted by Crippen LogP contribution is -2.41. The molecule has 1 N–H and O–H groups in total. The molecule has 1 aromatic rings. The second-order valence-electron chi connectivity index (χ2n) is 6.89. The van der Waals surface area contributed by atoms with Gasteiger partial charge in [0.2, 0.25) is 17.7 Å². The van der Waals surface area contributed by atoms with Gasteiger partial charge in [0, 0.05) is 6.42 Å². The van der Waals surface area contributed by atoms with Gasteiger partial charge in [-0.15, -0.1) is 0 Å². The van der Waals surface area contributed by atoms with Crippen LogP contribution in [0.2, 0.25) is 0 Å². The topological polar surface area (TPSA) is 92.8 Å². The number of esters is 1. The SMILES string of the molecule is COC(=O)c1ccccc1NC(=O)CN1C(=O)CC2(CCCCC2)C1=O. The van der Waals surface area contributed by atoms with Gasteiger partial charge >= 0.3 is 5.97 Å². The number of anilines is 1. The molecule has 1 aliphatic carbocycles. The highest BCUT2D eigenvalue weighted by Gasteiger charge is 2.51. The van der Waals surface area contributed by atoms with Crippen LogP contribution in [0.5, 0.6) is 0 Å². The van der Waals surface area contributed by atoms with Crippen molar-refractivity contribution in [3.8, 4) is 0 Å². The standard InChI is InChI=1S/C19H22N2O5/c1-26-17(24)13-7-3-4-8-14(13)20-15(22)12-21-16(23)11-19(18(21)25)9-5-2-6-10-19/h3-4,7-8H,2,5-6,9-12H2,1H3,(H,20,22). The van der Waals surface area contributed by atoms with Crippen LogP contribution >= 0.6 is 0 Å². The number of ether oxygens (including phenoxy) is 1. The highest BCUT2D eigenvalue weighted by molar-refractivity contribution is 6.10. The number of nitrogens with zero attached hydrogens (tertiary/aromatic N) is 1. The molecule has 7 heteroatoms. The Bertz CT molecular complexity index is 752. The summed E-state index contributed by atoms with van der Waals surface area (Å²) in [4.78, 5) is 50.3. The average Bonchev–Trinajstić information content (AvgIpc) is 2.86. The fourth-order valence-electron chi connectivity index (χ4n) is 3.85. The van der Waals surface area contributed by atoms with E-state index in [0.29, 0.717) is 12.8 Å². The first kappa shape index (κ1) is 18.1. The van der Waals surface area contributed by atoms with Crippen molar-refractivity contribution < 1.29 is 23.9 Å². The maximum absolute atomic E-state index is 12.8. The van der Waals surface area contributed by atoms with Crippen LogP contribution in [-0.4, -0.2) is 42.2 Å². The zero-order chi connectivity index (χ0) is 18.7. The van der Waals surface area contributed by atoms with Crippen LogP contribution < -0.4 is 5.32 Å². The van der Waals surface area contributed by atoms with E-state index in [9.17, 15) is 19.2 Å². The Morgan fingerprint density at radius 1 is 1.15 bits per heavy atom. The van der Waals surface area contributed by atoms with E-state index in [-0.39, 0.29) is 36.0 Å². The number of imide groups is 1. The van der Waals surface area contributed by atoms with E-state index >= 15 is 0 Å². The second kappa shape index (κ2) is 7.27. The van der Waals surface area contributed by atoms with E-state index in [4.69, 9.17) is 4.74 Å². The number of carbonyl (C=O) groups excluding carboxylic acids is 4. The third-order valence-corrected chi connectivity index (χ3v) is 5.21. The normalized spacial score (nSPS) is 18.9. The zero-order valence-electron chi connectivity index (χ0n) is 14.7. The molecule has 26 heavy (non-hydrogen) atoms. The van der Waals surface area contributed by atoms with Crippen LogP contribution in [0.1, 0.15) is 48.9 Å². The lowest BCUT2D eigenvalue weighted by molar-refractivity contribution is -0.144. The highest BCUT2D eigenvalue weighted by Crippen LogP contribution is 2.45. The van der Waals surface area contributed by atoms with Gasteiger partial charge in [0.15, 0.2) is 0 Å². The molecular weight excluding hydrogens is 336 g/mol. The number of hydrogen-bond donors (Lipinski definition) is 1. The van der Waals surface area contributed by atoms with E-state index in [1.807, 2.05) is 0 Å². The van der Waals surface area contributed by atoms with E-state index in [0.717, 1.165) is 24.2 Å².